The van der Waals surface area contributed by atoms with Gasteiger partial charge in [-0.1, -0.05) is 18.2 Å². The number of thiophene rings is 1. The molecule has 108 valence electrons. The largest absolute Gasteiger partial charge is 0.459 e. The molecule has 2 aromatic heterocycles. The van der Waals surface area contributed by atoms with Gasteiger partial charge in [-0.05, 0) is 53.5 Å². The number of rotatable bonds is 3. The van der Waals surface area contributed by atoms with Gasteiger partial charge in [-0.15, -0.1) is 11.3 Å². The van der Waals surface area contributed by atoms with Gasteiger partial charge in [-0.25, -0.2) is 0 Å². The molecular weight excluding hydrogens is 350 g/mol. The molecule has 0 bridgehead atoms. The summed E-state index contributed by atoms with van der Waals surface area (Å²) in [6, 6.07) is 11.5. The number of carbonyl (C=O) groups is 1. The summed E-state index contributed by atoms with van der Waals surface area (Å²) < 4.78 is 6.76. The molecule has 1 unspecified atom stereocenters. The molecule has 0 aliphatic carbocycles. The molecule has 0 saturated carbocycles. The first-order valence-electron chi connectivity index (χ1n) is 6.60. The van der Waals surface area contributed by atoms with Crippen molar-refractivity contribution < 1.29 is 9.21 Å². The number of furan rings is 1. The normalized spacial score (nSPS) is 12.5. The van der Waals surface area contributed by atoms with Gasteiger partial charge in [-0.3, -0.25) is 4.79 Å². The SMILES string of the molecule is Cc1cc(C(=O)NC(C)c2cc3ccccc3o2)sc1Br. The quantitative estimate of drug-likeness (QED) is 0.706. The fraction of sp³-hybridized carbons (Fsp3) is 0.188. The zero-order valence-electron chi connectivity index (χ0n) is 11.6. The monoisotopic (exact) mass is 363 g/mol. The molecule has 0 radical (unpaired) electrons. The van der Waals surface area contributed by atoms with Crippen molar-refractivity contribution in [2.45, 2.75) is 19.9 Å². The van der Waals surface area contributed by atoms with Crippen molar-refractivity contribution in [1.29, 1.82) is 0 Å². The summed E-state index contributed by atoms with van der Waals surface area (Å²) in [7, 11) is 0. The Bertz CT molecular complexity index is 753. The smallest absolute Gasteiger partial charge is 0.261 e. The van der Waals surface area contributed by atoms with Crippen molar-refractivity contribution in [3.63, 3.8) is 0 Å². The van der Waals surface area contributed by atoms with E-state index >= 15 is 0 Å². The molecule has 0 aliphatic rings. The van der Waals surface area contributed by atoms with Gasteiger partial charge < -0.3 is 9.73 Å². The predicted octanol–water partition coefficient (Wildman–Crippen LogP) is 5.06. The molecule has 0 saturated heterocycles. The number of aryl methyl sites for hydroxylation is 1. The summed E-state index contributed by atoms with van der Waals surface area (Å²) in [5.41, 5.74) is 1.91. The van der Waals surface area contributed by atoms with E-state index in [9.17, 15) is 4.79 Å². The Morgan fingerprint density at radius 1 is 1.33 bits per heavy atom. The zero-order chi connectivity index (χ0) is 15.0. The number of benzene rings is 1. The highest BCUT2D eigenvalue weighted by Gasteiger charge is 2.17. The van der Waals surface area contributed by atoms with Gasteiger partial charge in [-0.2, -0.15) is 0 Å². The van der Waals surface area contributed by atoms with Crippen LogP contribution < -0.4 is 5.32 Å². The lowest BCUT2D eigenvalue weighted by atomic mass is 10.2. The molecule has 1 amide bonds. The van der Waals surface area contributed by atoms with E-state index in [0.29, 0.717) is 4.88 Å². The Morgan fingerprint density at radius 3 is 2.76 bits per heavy atom. The molecule has 0 fully saturated rings. The van der Waals surface area contributed by atoms with Gasteiger partial charge in [0.25, 0.3) is 5.91 Å². The Balaban J connectivity index is 1.79. The lowest BCUT2D eigenvalue weighted by Crippen LogP contribution is -2.25. The van der Waals surface area contributed by atoms with Crippen LogP contribution in [0.3, 0.4) is 0 Å². The second kappa shape index (κ2) is 5.66. The zero-order valence-corrected chi connectivity index (χ0v) is 14.0. The molecule has 3 rings (SSSR count). The maximum absolute atomic E-state index is 12.2. The third-order valence-corrected chi connectivity index (χ3v) is 5.44. The van der Waals surface area contributed by atoms with Crippen LogP contribution in [0.4, 0.5) is 0 Å². The van der Waals surface area contributed by atoms with Gasteiger partial charge in [0.15, 0.2) is 0 Å². The number of amides is 1. The predicted molar refractivity (Wildman–Crippen MR) is 88.9 cm³/mol. The van der Waals surface area contributed by atoms with E-state index in [1.165, 1.54) is 11.3 Å². The van der Waals surface area contributed by atoms with E-state index in [-0.39, 0.29) is 11.9 Å². The molecule has 0 aliphatic heterocycles. The Kier molecular flexibility index (Phi) is 3.87. The summed E-state index contributed by atoms with van der Waals surface area (Å²) in [6.45, 7) is 3.89. The summed E-state index contributed by atoms with van der Waals surface area (Å²) in [4.78, 5) is 12.9. The first kappa shape index (κ1) is 14.4. The minimum atomic E-state index is -0.175. The highest BCUT2D eigenvalue weighted by atomic mass is 79.9. The van der Waals surface area contributed by atoms with E-state index in [2.05, 4.69) is 21.2 Å². The average Bonchev–Trinajstić information content (AvgIpc) is 3.03. The third kappa shape index (κ3) is 2.89. The van der Waals surface area contributed by atoms with Crippen molar-refractivity contribution in [3.05, 3.63) is 56.4 Å². The average molecular weight is 364 g/mol. The number of nitrogens with one attached hydrogen (secondary N) is 1. The molecule has 5 heteroatoms. The highest BCUT2D eigenvalue weighted by molar-refractivity contribution is 9.11. The summed E-state index contributed by atoms with van der Waals surface area (Å²) in [5, 5.41) is 4.02. The lowest BCUT2D eigenvalue weighted by Gasteiger charge is -2.10. The first-order valence-corrected chi connectivity index (χ1v) is 8.21. The van der Waals surface area contributed by atoms with Gasteiger partial charge in [0, 0.05) is 5.39 Å². The Hall–Kier alpha value is -1.59. The van der Waals surface area contributed by atoms with Crippen LogP contribution >= 0.6 is 27.3 Å². The maximum atomic E-state index is 12.2. The molecule has 3 aromatic rings. The third-order valence-electron chi connectivity index (χ3n) is 3.30. The maximum Gasteiger partial charge on any atom is 0.261 e. The van der Waals surface area contributed by atoms with Gasteiger partial charge >= 0.3 is 0 Å². The van der Waals surface area contributed by atoms with Crippen molar-refractivity contribution >= 4 is 44.1 Å². The molecule has 1 N–H and O–H groups in total. The van der Waals surface area contributed by atoms with E-state index in [1.54, 1.807) is 0 Å². The summed E-state index contributed by atoms with van der Waals surface area (Å²) >= 11 is 4.88. The molecule has 3 nitrogen and oxygen atoms in total. The highest BCUT2D eigenvalue weighted by Crippen LogP contribution is 2.28. The van der Waals surface area contributed by atoms with Crippen molar-refractivity contribution in [2.75, 3.05) is 0 Å². The van der Waals surface area contributed by atoms with Crippen molar-refractivity contribution in [2.24, 2.45) is 0 Å². The van der Waals surface area contributed by atoms with Crippen molar-refractivity contribution in [3.8, 4) is 0 Å². The molecule has 1 atom stereocenters. The van der Waals surface area contributed by atoms with Crippen LogP contribution in [0, 0.1) is 6.92 Å². The van der Waals surface area contributed by atoms with Crippen LogP contribution in [0.2, 0.25) is 0 Å². The minimum absolute atomic E-state index is 0.0817. The standard InChI is InChI=1S/C16H14BrNO2S/c1-9-7-14(21-15(9)17)16(19)18-10(2)13-8-11-5-3-4-6-12(11)20-13/h3-8,10H,1-2H3,(H,18,19). The molecular formula is C16H14BrNO2S. The number of halogens is 1. The van der Waals surface area contributed by atoms with Crippen LogP contribution in [-0.2, 0) is 0 Å². The fourth-order valence-corrected chi connectivity index (χ4v) is 3.56. The summed E-state index contributed by atoms with van der Waals surface area (Å²) in [5.74, 6) is 0.679. The van der Waals surface area contributed by atoms with E-state index in [0.717, 1.165) is 26.1 Å². The topological polar surface area (TPSA) is 42.2 Å². The molecule has 0 spiro atoms. The second-order valence-corrected chi connectivity index (χ2v) is 7.32. The second-order valence-electron chi connectivity index (χ2n) is 4.95. The van der Waals surface area contributed by atoms with Crippen LogP contribution in [-0.4, -0.2) is 5.91 Å². The number of carbonyl (C=O) groups excluding carboxylic acids is 1. The van der Waals surface area contributed by atoms with Crippen LogP contribution in [0.1, 0.15) is 34.0 Å². The molecule has 1 aromatic carbocycles. The fourth-order valence-electron chi connectivity index (χ4n) is 2.13. The van der Waals surface area contributed by atoms with E-state index in [4.69, 9.17) is 4.42 Å². The molecule has 2 heterocycles. The Labute approximate surface area is 135 Å². The lowest BCUT2D eigenvalue weighted by molar-refractivity contribution is 0.0940. The molecule has 21 heavy (non-hydrogen) atoms. The summed E-state index contributed by atoms with van der Waals surface area (Å²) in [6.07, 6.45) is 0. The number of hydrogen-bond donors (Lipinski definition) is 1. The first-order chi connectivity index (χ1) is 10.0. The number of hydrogen-bond acceptors (Lipinski definition) is 3. The van der Waals surface area contributed by atoms with Gasteiger partial charge in [0.1, 0.15) is 11.3 Å². The van der Waals surface area contributed by atoms with E-state index < -0.39 is 0 Å². The minimum Gasteiger partial charge on any atom is -0.459 e. The van der Waals surface area contributed by atoms with Gasteiger partial charge in [0.05, 0.1) is 14.7 Å². The Morgan fingerprint density at radius 2 is 2.10 bits per heavy atom. The van der Waals surface area contributed by atoms with Gasteiger partial charge in [0.2, 0.25) is 0 Å². The number of para-hydroxylation sites is 1. The van der Waals surface area contributed by atoms with Crippen LogP contribution in [0.5, 0.6) is 0 Å². The van der Waals surface area contributed by atoms with Crippen LogP contribution in [0.25, 0.3) is 11.0 Å². The van der Waals surface area contributed by atoms with Crippen LogP contribution in [0.15, 0.2) is 44.6 Å². The van der Waals surface area contributed by atoms with E-state index in [1.807, 2.05) is 50.2 Å². The van der Waals surface area contributed by atoms with Crippen molar-refractivity contribution in [1.82, 2.24) is 5.32 Å². The number of fused-ring (bicyclic) bond motifs is 1.